The van der Waals surface area contributed by atoms with Gasteiger partial charge in [0.2, 0.25) is 5.88 Å². The number of ether oxygens (including phenoxy) is 1. The maximum Gasteiger partial charge on any atom is 0.416 e. The summed E-state index contributed by atoms with van der Waals surface area (Å²) in [6.45, 7) is 3.56. The van der Waals surface area contributed by atoms with Gasteiger partial charge in [-0.3, -0.25) is 9.78 Å². The highest BCUT2D eigenvalue weighted by Crippen LogP contribution is 2.32. The van der Waals surface area contributed by atoms with Gasteiger partial charge in [0, 0.05) is 30.5 Å². The molecule has 2 aromatic heterocycles. The van der Waals surface area contributed by atoms with Crippen molar-refractivity contribution in [1.29, 1.82) is 0 Å². The third kappa shape index (κ3) is 6.95. The standard InChI is InChI=1S/C26H28F3N5O3/c1-16-4-5-19(33-25(36)22-13-18(6-8-31-22)26(27,28)29)14-21(16)17-11-23(32-9-10-35)34-24(12-17)37-15-20-3-2-7-30-20/h4-6,8,11-14,20,30,35H,2-3,7,9-10,15H2,1H3,(H,32,34)(H,33,36)/t20-/m0/s1. The number of nitrogens with one attached hydrogen (secondary N) is 3. The molecule has 11 heteroatoms. The van der Waals surface area contributed by atoms with Crippen LogP contribution in [-0.4, -0.2) is 53.3 Å². The van der Waals surface area contributed by atoms with Crippen LogP contribution in [0.4, 0.5) is 24.7 Å². The van der Waals surface area contributed by atoms with Crippen LogP contribution in [0.2, 0.25) is 0 Å². The molecule has 0 unspecified atom stereocenters. The number of hydrogen-bond acceptors (Lipinski definition) is 7. The first-order chi connectivity index (χ1) is 17.7. The number of aliphatic hydroxyl groups is 1. The van der Waals surface area contributed by atoms with Crippen molar-refractivity contribution in [1.82, 2.24) is 15.3 Å². The highest BCUT2D eigenvalue weighted by Gasteiger charge is 2.31. The number of carbonyl (C=O) groups is 1. The Balaban J connectivity index is 1.59. The summed E-state index contributed by atoms with van der Waals surface area (Å²) in [6.07, 6.45) is -1.50. The Morgan fingerprint density at radius 1 is 1.22 bits per heavy atom. The molecule has 3 aromatic rings. The predicted octanol–water partition coefficient (Wildman–Crippen LogP) is 4.26. The number of rotatable bonds is 9. The van der Waals surface area contributed by atoms with E-state index in [1.807, 2.05) is 6.92 Å². The van der Waals surface area contributed by atoms with Crippen molar-refractivity contribution in [3.63, 3.8) is 0 Å². The van der Waals surface area contributed by atoms with Crippen LogP contribution < -0.4 is 20.7 Å². The molecule has 3 heterocycles. The molecule has 4 rings (SSSR count). The van der Waals surface area contributed by atoms with Gasteiger partial charge in [-0.1, -0.05) is 6.07 Å². The van der Waals surface area contributed by atoms with Gasteiger partial charge < -0.3 is 25.8 Å². The fraction of sp³-hybridized carbons (Fsp3) is 0.346. The van der Waals surface area contributed by atoms with Crippen molar-refractivity contribution >= 4 is 17.4 Å². The fourth-order valence-electron chi connectivity index (χ4n) is 4.03. The van der Waals surface area contributed by atoms with Gasteiger partial charge in [-0.05, 0) is 73.3 Å². The van der Waals surface area contributed by atoms with E-state index in [4.69, 9.17) is 4.74 Å². The minimum atomic E-state index is -4.58. The third-order valence-corrected chi connectivity index (χ3v) is 5.94. The lowest BCUT2D eigenvalue weighted by molar-refractivity contribution is -0.137. The highest BCUT2D eigenvalue weighted by molar-refractivity contribution is 6.03. The van der Waals surface area contributed by atoms with Crippen LogP contribution in [0.3, 0.4) is 0 Å². The van der Waals surface area contributed by atoms with Crippen LogP contribution in [0, 0.1) is 6.92 Å². The van der Waals surface area contributed by atoms with E-state index >= 15 is 0 Å². The van der Waals surface area contributed by atoms with Crippen molar-refractivity contribution in [2.45, 2.75) is 32.0 Å². The number of benzene rings is 1. The Kier molecular flexibility index (Phi) is 8.24. The summed E-state index contributed by atoms with van der Waals surface area (Å²) in [4.78, 5) is 20.9. The minimum absolute atomic E-state index is 0.0712. The second-order valence-corrected chi connectivity index (χ2v) is 8.75. The van der Waals surface area contributed by atoms with Crippen LogP contribution in [0.25, 0.3) is 11.1 Å². The Morgan fingerprint density at radius 2 is 2.05 bits per heavy atom. The molecule has 1 atom stereocenters. The molecule has 0 bridgehead atoms. The number of amides is 1. The van der Waals surface area contributed by atoms with Gasteiger partial charge in [0.05, 0.1) is 12.2 Å². The maximum atomic E-state index is 13.0. The van der Waals surface area contributed by atoms with Crippen LogP contribution in [0.1, 0.15) is 34.5 Å². The number of halogens is 3. The quantitative estimate of drug-likeness (QED) is 0.337. The van der Waals surface area contributed by atoms with E-state index in [0.717, 1.165) is 54.4 Å². The van der Waals surface area contributed by atoms with Crippen molar-refractivity contribution < 1.29 is 27.8 Å². The smallest absolute Gasteiger partial charge is 0.416 e. The van der Waals surface area contributed by atoms with Gasteiger partial charge in [0.1, 0.15) is 18.1 Å². The molecule has 1 aliphatic heterocycles. The lowest BCUT2D eigenvalue weighted by atomic mass is 10.0. The van der Waals surface area contributed by atoms with Gasteiger partial charge in [-0.2, -0.15) is 18.2 Å². The second-order valence-electron chi connectivity index (χ2n) is 8.75. The van der Waals surface area contributed by atoms with Crippen molar-refractivity contribution in [2.75, 3.05) is 36.9 Å². The molecule has 196 valence electrons. The Morgan fingerprint density at radius 3 is 2.78 bits per heavy atom. The average Bonchev–Trinajstić information content (AvgIpc) is 3.40. The Hall–Kier alpha value is -3.70. The summed E-state index contributed by atoms with van der Waals surface area (Å²) in [6, 6.07) is 10.6. The number of aromatic nitrogens is 2. The van der Waals surface area contributed by atoms with Crippen molar-refractivity contribution in [2.24, 2.45) is 0 Å². The van der Waals surface area contributed by atoms with E-state index in [-0.39, 0.29) is 18.3 Å². The van der Waals surface area contributed by atoms with E-state index in [1.54, 1.807) is 30.3 Å². The summed E-state index contributed by atoms with van der Waals surface area (Å²) in [5.74, 6) is 0.172. The first-order valence-corrected chi connectivity index (χ1v) is 11.9. The molecule has 1 aromatic carbocycles. The zero-order valence-corrected chi connectivity index (χ0v) is 20.2. The summed E-state index contributed by atoms with van der Waals surface area (Å²) in [5, 5.41) is 18.3. The molecule has 0 spiro atoms. The molecule has 4 N–H and O–H groups in total. The number of pyridine rings is 2. The molecule has 8 nitrogen and oxygen atoms in total. The molecule has 1 aliphatic rings. The molecule has 0 saturated carbocycles. The van der Waals surface area contributed by atoms with E-state index in [0.29, 0.717) is 30.5 Å². The van der Waals surface area contributed by atoms with Crippen molar-refractivity contribution in [3.05, 3.63) is 65.5 Å². The van der Waals surface area contributed by atoms with Gasteiger partial charge in [-0.25, -0.2) is 0 Å². The number of hydrogen-bond donors (Lipinski definition) is 4. The van der Waals surface area contributed by atoms with Crippen LogP contribution in [0.5, 0.6) is 5.88 Å². The van der Waals surface area contributed by atoms with Crippen LogP contribution in [-0.2, 0) is 6.18 Å². The van der Waals surface area contributed by atoms with Gasteiger partial charge in [0.25, 0.3) is 5.91 Å². The normalized spacial score (nSPS) is 15.4. The predicted molar refractivity (Wildman–Crippen MR) is 134 cm³/mol. The second kappa shape index (κ2) is 11.6. The molecular weight excluding hydrogens is 487 g/mol. The molecular formula is C26H28F3N5O3. The average molecular weight is 516 g/mol. The zero-order valence-electron chi connectivity index (χ0n) is 20.2. The topological polar surface area (TPSA) is 108 Å². The summed E-state index contributed by atoms with van der Waals surface area (Å²) in [7, 11) is 0. The van der Waals surface area contributed by atoms with E-state index < -0.39 is 17.6 Å². The molecule has 1 fully saturated rings. The third-order valence-electron chi connectivity index (χ3n) is 5.94. The summed E-state index contributed by atoms with van der Waals surface area (Å²) >= 11 is 0. The molecule has 0 radical (unpaired) electrons. The lowest BCUT2D eigenvalue weighted by Gasteiger charge is -2.16. The zero-order chi connectivity index (χ0) is 26.4. The molecule has 37 heavy (non-hydrogen) atoms. The number of aliphatic hydroxyl groups excluding tert-OH is 1. The van der Waals surface area contributed by atoms with Crippen molar-refractivity contribution in [3.8, 4) is 17.0 Å². The lowest BCUT2D eigenvalue weighted by Crippen LogP contribution is -2.28. The minimum Gasteiger partial charge on any atom is -0.476 e. The van der Waals surface area contributed by atoms with Crippen LogP contribution >= 0.6 is 0 Å². The molecule has 1 amide bonds. The first-order valence-electron chi connectivity index (χ1n) is 11.9. The summed E-state index contributed by atoms with van der Waals surface area (Å²) in [5.41, 5.74) is 1.54. The Labute approximate surface area is 212 Å². The largest absolute Gasteiger partial charge is 0.476 e. The number of carbonyl (C=O) groups excluding carboxylic acids is 1. The maximum absolute atomic E-state index is 13.0. The Bertz CT molecular complexity index is 1250. The summed E-state index contributed by atoms with van der Waals surface area (Å²) < 4.78 is 45.1. The number of anilines is 2. The van der Waals surface area contributed by atoms with Crippen LogP contribution in [0.15, 0.2) is 48.7 Å². The number of nitrogens with zero attached hydrogens (tertiary/aromatic N) is 2. The molecule has 1 saturated heterocycles. The van der Waals surface area contributed by atoms with E-state index in [1.165, 1.54) is 0 Å². The fourth-order valence-corrected chi connectivity index (χ4v) is 4.03. The number of alkyl halides is 3. The van der Waals surface area contributed by atoms with Gasteiger partial charge in [-0.15, -0.1) is 0 Å². The SMILES string of the molecule is Cc1ccc(NC(=O)c2cc(C(F)(F)F)ccn2)cc1-c1cc(NCCO)nc(OC[C@@H]2CCCN2)c1. The first kappa shape index (κ1) is 26.4. The highest BCUT2D eigenvalue weighted by atomic mass is 19.4. The number of aryl methyl sites for hydroxylation is 1. The van der Waals surface area contributed by atoms with Gasteiger partial charge >= 0.3 is 6.18 Å². The van der Waals surface area contributed by atoms with Gasteiger partial charge in [0.15, 0.2) is 0 Å². The molecule has 0 aliphatic carbocycles. The van der Waals surface area contributed by atoms with E-state index in [2.05, 4.69) is 25.9 Å². The van der Waals surface area contributed by atoms with E-state index in [9.17, 15) is 23.1 Å². The monoisotopic (exact) mass is 515 g/mol.